The average Bonchev–Trinajstić information content (AvgIpc) is 2.97. The third kappa shape index (κ3) is 5.29. The minimum Gasteiger partial charge on any atom is -0.352 e. The Morgan fingerprint density at radius 3 is 2.28 bits per heavy atom. The summed E-state index contributed by atoms with van der Waals surface area (Å²) in [4.78, 5) is 14.7. The molecule has 138 valence electrons. The van der Waals surface area contributed by atoms with Gasteiger partial charge in [-0.05, 0) is 55.8 Å². The summed E-state index contributed by atoms with van der Waals surface area (Å²) < 4.78 is 0. The second-order valence-corrected chi connectivity index (χ2v) is 7.73. The molecule has 2 aliphatic rings. The number of nitrogens with one attached hydrogen (secondary N) is 2. The molecule has 2 aliphatic heterocycles. The lowest BCUT2D eigenvalue weighted by Gasteiger charge is -2.28. The van der Waals surface area contributed by atoms with E-state index in [9.17, 15) is 4.79 Å². The van der Waals surface area contributed by atoms with E-state index in [1.165, 1.54) is 36.8 Å². The molecule has 4 heteroatoms. The number of hydrogen-bond acceptors (Lipinski definition) is 3. The maximum atomic E-state index is 12.3. The third-order valence-electron chi connectivity index (χ3n) is 5.86. The molecule has 2 heterocycles. The summed E-state index contributed by atoms with van der Waals surface area (Å²) in [7, 11) is 0. The van der Waals surface area contributed by atoms with E-state index in [0.29, 0.717) is 31.0 Å². The first-order valence-corrected chi connectivity index (χ1v) is 9.99. The number of rotatable bonds is 8. The standard InChI is InChI=1S/C21H33N3O/c1-3-24(4-2)15-17-7-5-16(6-8-17)14-22-21(25)13-18-11-19-9-10-20(12-18)23-19/h5-8,18-20,23H,3-4,9-15H2,1-2H3,(H,22,25). The summed E-state index contributed by atoms with van der Waals surface area (Å²) in [5.74, 6) is 0.772. The lowest BCUT2D eigenvalue weighted by Crippen LogP contribution is -2.39. The Balaban J connectivity index is 1.41. The highest BCUT2D eigenvalue weighted by Gasteiger charge is 2.34. The number of amides is 1. The number of hydrogen-bond donors (Lipinski definition) is 2. The molecule has 2 saturated heterocycles. The summed E-state index contributed by atoms with van der Waals surface area (Å²) in [6, 6.07) is 9.98. The molecular formula is C21H33N3O. The molecule has 0 aliphatic carbocycles. The zero-order chi connectivity index (χ0) is 17.6. The second-order valence-electron chi connectivity index (χ2n) is 7.73. The van der Waals surface area contributed by atoms with Crippen LogP contribution in [0.1, 0.15) is 57.1 Å². The van der Waals surface area contributed by atoms with Gasteiger partial charge in [-0.2, -0.15) is 0 Å². The first kappa shape index (κ1) is 18.4. The van der Waals surface area contributed by atoms with Gasteiger partial charge < -0.3 is 10.6 Å². The van der Waals surface area contributed by atoms with Crippen LogP contribution in [-0.2, 0) is 17.9 Å². The predicted molar refractivity (Wildman–Crippen MR) is 102 cm³/mol. The Morgan fingerprint density at radius 1 is 1.08 bits per heavy atom. The van der Waals surface area contributed by atoms with E-state index < -0.39 is 0 Å². The van der Waals surface area contributed by atoms with Crippen molar-refractivity contribution in [1.82, 2.24) is 15.5 Å². The quantitative estimate of drug-likeness (QED) is 0.762. The fraction of sp³-hybridized carbons (Fsp3) is 0.667. The summed E-state index contributed by atoms with van der Waals surface area (Å²) in [6.07, 6.45) is 5.62. The van der Waals surface area contributed by atoms with Gasteiger partial charge in [-0.1, -0.05) is 38.1 Å². The molecule has 2 fully saturated rings. The molecule has 25 heavy (non-hydrogen) atoms. The Morgan fingerprint density at radius 2 is 1.68 bits per heavy atom. The molecular weight excluding hydrogens is 310 g/mol. The molecule has 0 saturated carbocycles. The van der Waals surface area contributed by atoms with Crippen molar-refractivity contribution in [1.29, 1.82) is 0 Å². The van der Waals surface area contributed by atoms with Crippen LogP contribution in [0, 0.1) is 5.92 Å². The van der Waals surface area contributed by atoms with Crippen LogP contribution >= 0.6 is 0 Å². The largest absolute Gasteiger partial charge is 0.352 e. The molecule has 4 nitrogen and oxygen atoms in total. The predicted octanol–water partition coefficient (Wildman–Crippen LogP) is 3.07. The van der Waals surface area contributed by atoms with Crippen LogP contribution in [0.4, 0.5) is 0 Å². The summed E-state index contributed by atoms with van der Waals surface area (Å²) >= 11 is 0. The lowest BCUT2D eigenvalue weighted by molar-refractivity contribution is -0.122. The maximum absolute atomic E-state index is 12.3. The van der Waals surface area contributed by atoms with Gasteiger partial charge in [0.2, 0.25) is 5.91 Å². The molecule has 0 radical (unpaired) electrons. The summed E-state index contributed by atoms with van der Waals surface area (Å²) in [6.45, 7) is 8.18. The summed E-state index contributed by atoms with van der Waals surface area (Å²) in [5.41, 5.74) is 2.52. The maximum Gasteiger partial charge on any atom is 0.220 e. The highest BCUT2D eigenvalue weighted by Crippen LogP contribution is 2.32. The van der Waals surface area contributed by atoms with Crippen molar-refractivity contribution >= 4 is 5.91 Å². The van der Waals surface area contributed by atoms with E-state index in [0.717, 1.165) is 19.6 Å². The van der Waals surface area contributed by atoms with Crippen LogP contribution in [0.5, 0.6) is 0 Å². The molecule has 1 amide bonds. The smallest absolute Gasteiger partial charge is 0.220 e. The van der Waals surface area contributed by atoms with E-state index in [1.54, 1.807) is 0 Å². The van der Waals surface area contributed by atoms with Gasteiger partial charge in [0.25, 0.3) is 0 Å². The molecule has 1 aromatic rings. The highest BCUT2D eigenvalue weighted by molar-refractivity contribution is 5.76. The Bertz CT molecular complexity index is 541. The second kappa shape index (κ2) is 8.81. The van der Waals surface area contributed by atoms with Crippen molar-refractivity contribution in [3.05, 3.63) is 35.4 Å². The monoisotopic (exact) mass is 343 g/mol. The molecule has 0 aromatic heterocycles. The fourth-order valence-electron chi connectivity index (χ4n) is 4.34. The Kier molecular flexibility index (Phi) is 6.49. The van der Waals surface area contributed by atoms with Gasteiger partial charge in [0.05, 0.1) is 0 Å². The Labute approximate surface area is 152 Å². The average molecular weight is 344 g/mol. The fourth-order valence-corrected chi connectivity index (χ4v) is 4.34. The lowest BCUT2D eigenvalue weighted by atomic mass is 9.89. The molecule has 2 unspecified atom stereocenters. The molecule has 1 aromatic carbocycles. The van der Waals surface area contributed by atoms with Gasteiger partial charge in [0, 0.05) is 31.6 Å². The zero-order valence-corrected chi connectivity index (χ0v) is 15.8. The van der Waals surface area contributed by atoms with E-state index in [1.807, 2.05) is 0 Å². The van der Waals surface area contributed by atoms with Gasteiger partial charge >= 0.3 is 0 Å². The van der Waals surface area contributed by atoms with Crippen LogP contribution in [0.15, 0.2) is 24.3 Å². The molecule has 2 atom stereocenters. The van der Waals surface area contributed by atoms with Gasteiger partial charge in [0.1, 0.15) is 0 Å². The zero-order valence-electron chi connectivity index (χ0n) is 15.8. The molecule has 3 rings (SSSR count). The first-order valence-electron chi connectivity index (χ1n) is 9.99. The van der Waals surface area contributed by atoms with Crippen molar-refractivity contribution in [2.45, 2.75) is 71.1 Å². The molecule has 2 bridgehead atoms. The van der Waals surface area contributed by atoms with Crippen LogP contribution in [-0.4, -0.2) is 36.0 Å². The van der Waals surface area contributed by atoms with Crippen LogP contribution in [0.25, 0.3) is 0 Å². The van der Waals surface area contributed by atoms with Gasteiger partial charge in [-0.25, -0.2) is 0 Å². The van der Waals surface area contributed by atoms with Crippen LogP contribution < -0.4 is 10.6 Å². The van der Waals surface area contributed by atoms with Crippen molar-refractivity contribution < 1.29 is 4.79 Å². The highest BCUT2D eigenvalue weighted by atomic mass is 16.1. The van der Waals surface area contributed by atoms with Gasteiger partial charge in [-0.15, -0.1) is 0 Å². The number of fused-ring (bicyclic) bond motifs is 2. The number of nitrogens with zero attached hydrogens (tertiary/aromatic N) is 1. The van der Waals surface area contributed by atoms with E-state index in [2.05, 4.69) is 53.6 Å². The number of benzene rings is 1. The van der Waals surface area contributed by atoms with Crippen molar-refractivity contribution in [3.63, 3.8) is 0 Å². The third-order valence-corrected chi connectivity index (χ3v) is 5.86. The number of carbonyl (C=O) groups excluding carboxylic acids is 1. The van der Waals surface area contributed by atoms with E-state index >= 15 is 0 Å². The van der Waals surface area contributed by atoms with Gasteiger partial charge in [0.15, 0.2) is 0 Å². The van der Waals surface area contributed by atoms with Crippen LogP contribution in [0.3, 0.4) is 0 Å². The normalized spacial score (nSPS) is 25.3. The minimum atomic E-state index is 0.207. The number of carbonyl (C=O) groups is 1. The topological polar surface area (TPSA) is 44.4 Å². The van der Waals surface area contributed by atoms with Crippen molar-refractivity contribution in [3.8, 4) is 0 Å². The minimum absolute atomic E-state index is 0.207. The van der Waals surface area contributed by atoms with E-state index in [-0.39, 0.29) is 5.91 Å². The Hall–Kier alpha value is -1.39. The first-order chi connectivity index (χ1) is 12.2. The molecule has 0 spiro atoms. The van der Waals surface area contributed by atoms with Crippen molar-refractivity contribution in [2.75, 3.05) is 13.1 Å². The number of piperidine rings is 1. The van der Waals surface area contributed by atoms with Crippen LogP contribution in [0.2, 0.25) is 0 Å². The summed E-state index contributed by atoms with van der Waals surface area (Å²) in [5, 5.41) is 6.75. The molecule has 2 N–H and O–H groups in total. The van der Waals surface area contributed by atoms with Crippen molar-refractivity contribution in [2.24, 2.45) is 5.92 Å². The van der Waals surface area contributed by atoms with Gasteiger partial charge in [-0.3, -0.25) is 9.69 Å². The van der Waals surface area contributed by atoms with E-state index in [4.69, 9.17) is 0 Å². The SMILES string of the molecule is CCN(CC)Cc1ccc(CNC(=O)CC2CC3CCC(C2)N3)cc1.